The monoisotopic (exact) mass is 430 g/mol. The van der Waals surface area contributed by atoms with Crippen LogP contribution in [0.25, 0.3) is 0 Å². The molecule has 0 radical (unpaired) electrons. The molecule has 0 aromatic heterocycles. The van der Waals surface area contributed by atoms with Crippen molar-refractivity contribution in [1.29, 1.82) is 0 Å². The van der Waals surface area contributed by atoms with Crippen LogP contribution in [-0.4, -0.2) is 0 Å². The topological polar surface area (TPSA) is 0 Å². The van der Waals surface area contributed by atoms with Gasteiger partial charge >= 0.3 is 0 Å². The third-order valence-electron chi connectivity index (χ3n) is 6.23. The van der Waals surface area contributed by atoms with Crippen LogP contribution in [0.5, 0.6) is 0 Å². The Labute approximate surface area is 199 Å². The molecule has 0 aliphatic heterocycles. The van der Waals surface area contributed by atoms with Gasteiger partial charge in [-0.25, -0.2) is 0 Å². The highest BCUT2D eigenvalue weighted by Crippen LogP contribution is 2.40. The van der Waals surface area contributed by atoms with Gasteiger partial charge in [-0.3, -0.25) is 0 Å². The van der Waals surface area contributed by atoms with E-state index in [1.165, 1.54) is 47.1 Å². The standard InChI is InChI=1S/C32H46/c1-25(2)29(6)20-13-19-27(4)16-11-10-15-26(3)17-12-18-28(5)22-23-31-30(7)21-14-24-32(31,8)9/h10-13,15-20,22-23,25H,14,21,24H2,1-9H3/b11-10+,17-12+,19-13+,23-22+,26-15+,27-16+,28-18+,29-20-. The summed E-state index contributed by atoms with van der Waals surface area (Å²) in [5, 5.41) is 0. The SMILES string of the molecule is CC1=C(/C=C/C(C)=C/C=C/C(C)=C/C=C/C=C(C)/C=C/C=C(/C)C(C)C)C(C)(C)CCC1. The third kappa shape index (κ3) is 10.8. The van der Waals surface area contributed by atoms with Crippen molar-refractivity contribution < 1.29 is 0 Å². The van der Waals surface area contributed by atoms with Gasteiger partial charge in [0.2, 0.25) is 0 Å². The Bertz CT molecular complexity index is 880. The van der Waals surface area contributed by atoms with E-state index >= 15 is 0 Å². The molecule has 0 unspecified atom stereocenters. The molecule has 0 saturated carbocycles. The first kappa shape index (κ1) is 27.7. The molecule has 0 aromatic carbocycles. The lowest BCUT2D eigenvalue weighted by Crippen LogP contribution is -2.19. The molecule has 0 N–H and O–H groups in total. The van der Waals surface area contributed by atoms with E-state index in [9.17, 15) is 0 Å². The van der Waals surface area contributed by atoms with Crippen LogP contribution in [0.2, 0.25) is 0 Å². The summed E-state index contributed by atoms with van der Waals surface area (Å²) in [5.41, 5.74) is 8.52. The molecule has 0 amide bonds. The second kappa shape index (κ2) is 13.9. The Morgan fingerprint density at radius 3 is 1.78 bits per heavy atom. The van der Waals surface area contributed by atoms with Gasteiger partial charge < -0.3 is 0 Å². The second-order valence-corrected chi connectivity index (χ2v) is 10.2. The lowest BCUT2D eigenvalue weighted by molar-refractivity contribution is 0.377. The van der Waals surface area contributed by atoms with Gasteiger partial charge in [-0.15, -0.1) is 0 Å². The molecule has 0 nitrogen and oxygen atoms in total. The summed E-state index contributed by atoms with van der Waals surface area (Å²) in [6.45, 7) is 20.1. The maximum atomic E-state index is 2.37. The van der Waals surface area contributed by atoms with Crippen LogP contribution in [0.3, 0.4) is 0 Å². The van der Waals surface area contributed by atoms with Crippen LogP contribution < -0.4 is 0 Å². The summed E-state index contributed by atoms with van der Waals surface area (Å²) in [7, 11) is 0. The fourth-order valence-electron chi connectivity index (χ4n) is 3.70. The summed E-state index contributed by atoms with van der Waals surface area (Å²) < 4.78 is 0. The zero-order chi connectivity index (χ0) is 24.1. The van der Waals surface area contributed by atoms with E-state index in [4.69, 9.17) is 0 Å². The van der Waals surface area contributed by atoms with Crippen LogP contribution in [-0.2, 0) is 0 Å². The van der Waals surface area contributed by atoms with Gasteiger partial charge in [0, 0.05) is 0 Å². The predicted octanol–water partition coefficient (Wildman–Crippen LogP) is 10.2. The first-order valence-corrected chi connectivity index (χ1v) is 12.1. The highest BCUT2D eigenvalue weighted by molar-refractivity contribution is 5.37. The van der Waals surface area contributed by atoms with Crippen LogP contribution in [0.4, 0.5) is 0 Å². The lowest BCUT2D eigenvalue weighted by atomic mass is 9.72. The van der Waals surface area contributed by atoms with E-state index in [0.29, 0.717) is 11.3 Å². The van der Waals surface area contributed by atoms with Crippen molar-refractivity contribution in [3.63, 3.8) is 0 Å². The Morgan fingerprint density at radius 1 is 0.750 bits per heavy atom. The summed E-state index contributed by atoms with van der Waals surface area (Å²) in [6, 6.07) is 0. The molecule has 1 aliphatic rings. The molecule has 1 aliphatic carbocycles. The number of hydrogen-bond donors (Lipinski definition) is 0. The maximum absolute atomic E-state index is 2.37. The van der Waals surface area contributed by atoms with Crippen LogP contribution in [0.15, 0.2) is 106 Å². The Hall–Kier alpha value is -2.34. The van der Waals surface area contributed by atoms with Gasteiger partial charge in [-0.2, -0.15) is 0 Å². The van der Waals surface area contributed by atoms with E-state index in [2.05, 4.69) is 135 Å². The highest BCUT2D eigenvalue weighted by Gasteiger charge is 2.26. The summed E-state index contributed by atoms with van der Waals surface area (Å²) in [4.78, 5) is 0. The van der Waals surface area contributed by atoms with Gasteiger partial charge in [0.1, 0.15) is 0 Å². The fourth-order valence-corrected chi connectivity index (χ4v) is 3.70. The zero-order valence-corrected chi connectivity index (χ0v) is 22.1. The second-order valence-electron chi connectivity index (χ2n) is 10.2. The van der Waals surface area contributed by atoms with E-state index in [1.807, 2.05) is 0 Å². The minimum Gasteiger partial charge on any atom is -0.0708 e. The van der Waals surface area contributed by atoms with Gasteiger partial charge in [0.05, 0.1) is 0 Å². The van der Waals surface area contributed by atoms with Crippen LogP contribution >= 0.6 is 0 Å². The van der Waals surface area contributed by atoms with Crippen molar-refractivity contribution in [2.75, 3.05) is 0 Å². The van der Waals surface area contributed by atoms with Crippen molar-refractivity contribution in [3.05, 3.63) is 106 Å². The van der Waals surface area contributed by atoms with Crippen molar-refractivity contribution in [3.8, 4) is 0 Å². The summed E-state index contributed by atoms with van der Waals surface area (Å²) in [6.07, 6.45) is 29.9. The fraction of sp³-hybridized carbons (Fsp3) is 0.438. The predicted molar refractivity (Wildman–Crippen MR) is 147 cm³/mol. The van der Waals surface area contributed by atoms with Crippen molar-refractivity contribution in [2.24, 2.45) is 11.3 Å². The molecule has 0 fully saturated rings. The molecule has 0 heteroatoms. The maximum Gasteiger partial charge on any atom is -0.0104 e. The Balaban J connectivity index is 2.64. The summed E-state index contributed by atoms with van der Waals surface area (Å²) >= 11 is 0. The molecular formula is C32H46. The van der Waals surface area contributed by atoms with Gasteiger partial charge in [0.15, 0.2) is 0 Å². The van der Waals surface area contributed by atoms with Gasteiger partial charge in [0.25, 0.3) is 0 Å². The normalized spacial score (nSPS) is 19.7. The highest BCUT2D eigenvalue weighted by atomic mass is 14.3. The van der Waals surface area contributed by atoms with Crippen molar-refractivity contribution in [2.45, 2.75) is 81.6 Å². The first-order valence-electron chi connectivity index (χ1n) is 12.1. The molecule has 0 bridgehead atoms. The Kier molecular flexibility index (Phi) is 12.1. The third-order valence-corrected chi connectivity index (χ3v) is 6.23. The molecule has 174 valence electrons. The van der Waals surface area contributed by atoms with Crippen LogP contribution in [0, 0.1) is 11.3 Å². The molecule has 0 atom stereocenters. The van der Waals surface area contributed by atoms with Gasteiger partial charge in [-0.05, 0) is 70.8 Å². The van der Waals surface area contributed by atoms with E-state index in [0.717, 1.165) is 0 Å². The molecule has 0 aromatic rings. The largest absolute Gasteiger partial charge is 0.0708 e. The number of hydrogen-bond acceptors (Lipinski definition) is 0. The molecule has 0 saturated heterocycles. The van der Waals surface area contributed by atoms with Crippen molar-refractivity contribution in [1.82, 2.24) is 0 Å². The van der Waals surface area contributed by atoms with Gasteiger partial charge in [-0.1, -0.05) is 128 Å². The number of allylic oxidation sites excluding steroid dienone is 18. The van der Waals surface area contributed by atoms with E-state index in [1.54, 1.807) is 5.57 Å². The summed E-state index contributed by atoms with van der Waals surface area (Å²) in [5.74, 6) is 0.602. The molecule has 1 rings (SSSR count). The minimum absolute atomic E-state index is 0.299. The molecule has 0 spiro atoms. The van der Waals surface area contributed by atoms with E-state index in [-0.39, 0.29) is 0 Å². The molecule has 32 heavy (non-hydrogen) atoms. The zero-order valence-electron chi connectivity index (χ0n) is 22.1. The Morgan fingerprint density at radius 2 is 1.25 bits per heavy atom. The van der Waals surface area contributed by atoms with E-state index < -0.39 is 0 Å². The smallest absolute Gasteiger partial charge is 0.0104 e. The minimum atomic E-state index is 0.299. The number of rotatable bonds is 9. The van der Waals surface area contributed by atoms with Crippen LogP contribution in [0.1, 0.15) is 81.6 Å². The average molecular weight is 431 g/mol. The lowest BCUT2D eigenvalue weighted by Gasteiger charge is -2.32. The van der Waals surface area contributed by atoms with Crippen molar-refractivity contribution >= 4 is 0 Å². The average Bonchev–Trinajstić information content (AvgIpc) is 2.70. The first-order chi connectivity index (χ1) is 15.0. The molecule has 0 heterocycles. The quantitative estimate of drug-likeness (QED) is 0.319. The molecular weight excluding hydrogens is 384 g/mol.